The first-order valence-electron chi connectivity index (χ1n) is 4.68. The van der Waals surface area contributed by atoms with E-state index in [4.69, 9.17) is 0 Å². The maximum absolute atomic E-state index is 4.38. The van der Waals surface area contributed by atoms with Crippen LogP contribution < -0.4 is 0 Å². The minimum absolute atomic E-state index is 1.07. The maximum Gasteiger partial charge on any atom is 0.0714 e. The molecule has 14 heavy (non-hydrogen) atoms. The summed E-state index contributed by atoms with van der Waals surface area (Å²) < 4.78 is 0. The van der Waals surface area contributed by atoms with Gasteiger partial charge in [0.1, 0.15) is 0 Å². The van der Waals surface area contributed by atoms with Crippen LogP contribution in [0.5, 0.6) is 0 Å². The van der Waals surface area contributed by atoms with Gasteiger partial charge in [0.2, 0.25) is 0 Å². The SMILES string of the molecule is c1ccc2c3ccccc3cc-2nc1. The maximum atomic E-state index is 4.38. The lowest BCUT2D eigenvalue weighted by Gasteiger charge is -1.91. The van der Waals surface area contributed by atoms with Crippen molar-refractivity contribution in [2.45, 2.75) is 0 Å². The Balaban J connectivity index is 2.52. The van der Waals surface area contributed by atoms with Crippen molar-refractivity contribution in [1.29, 1.82) is 0 Å². The zero-order valence-electron chi connectivity index (χ0n) is 7.64. The number of hydrogen-bond acceptors (Lipinski definition) is 1. The molecule has 1 nitrogen and oxygen atoms in total. The zero-order valence-corrected chi connectivity index (χ0v) is 7.64. The van der Waals surface area contributed by atoms with Gasteiger partial charge >= 0.3 is 0 Å². The van der Waals surface area contributed by atoms with Crippen LogP contribution in [0.25, 0.3) is 22.0 Å². The van der Waals surface area contributed by atoms with Crippen LogP contribution >= 0.6 is 0 Å². The Morgan fingerprint density at radius 2 is 1.71 bits per heavy atom. The molecule has 0 aromatic heterocycles. The first-order chi connectivity index (χ1) is 6.95. The van der Waals surface area contributed by atoms with E-state index in [1.165, 1.54) is 16.3 Å². The lowest BCUT2D eigenvalue weighted by atomic mass is 10.1. The summed E-state index contributed by atoms with van der Waals surface area (Å²) in [7, 11) is 0. The zero-order chi connectivity index (χ0) is 9.38. The standard InChI is InChI=1S/C13H9N/c1-2-6-11-10(5-1)9-13-12(11)7-3-4-8-14-13/h1-9H. The van der Waals surface area contributed by atoms with E-state index in [-0.39, 0.29) is 0 Å². The molecule has 3 rings (SSSR count). The van der Waals surface area contributed by atoms with Gasteiger partial charge < -0.3 is 0 Å². The van der Waals surface area contributed by atoms with Crippen LogP contribution in [-0.2, 0) is 0 Å². The Kier molecular flexibility index (Phi) is 1.51. The smallest absolute Gasteiger partial charge is 0.0714 e. The van der Waals surface area contributed by atoms with Crippen LogP contribution in [0.3, 0.4) is 0 Å². The van der Waals surface area contributed by atoms with Crippen molar-refractivity contribution in [1.82, 2.24) is 4.98 Å². The van der Waals surface area contributed by atoms with E-state index >= 15 is 0 Å². The number of aromatic nitrogens is 1. The van der Waals surface area contributed by atoms with Gasteiger partial charge in [-0.2, -0.15) is 0 Å². The van der Waals surface area contributed by atoms with Gasteiger partial charge in [-0.1, -0.05) is 36.4 Å². The largest absolute Gasteiger partial charge is 0.256 e. The van der Waals surface area contributed by atoms with Crippen molar-refractivity contribution in [3.05, 3.63) is 54.7 Å². The fourth-order valence-corrected chi connectivity index (χ4v) is 1.84. The van der Waals surface area contributed by atoms with Crippen LogP contribution in [0.2, 0.25) is 0 Å². The molecule has 0 saturated carbocycles. The molecule has 0 spiro atoms. The highest BCUT2D eigenvalue weighted by Gasteiger charge is 2.07. The molecule has 0 amide bonds. The number of rotatable bonds is 0. The molecule has 1 heteroatoms. The summed E-state index contributed by atoms with van der Waals surface area (Å²) in [4.78, 5) is 4.38. The Hall–Kier alpha value is -1.89. The molecular weight excluding hydrogens is 170 g/mol. The van der Waals surface area contributed by atoms with Gasteiger partial charge in [0.25, 0.3) is 0 Å². The van der Waals surface area contributed by atoms with E-state index in [1.54, 1.807) is 0 Å². The van der Waals surface area contributed by atoms with Crippen molar-refractivity contribution >= 4 is 10.8 Å². The molecule has 0 N–H and O–H groups in total. The van der Waals surface area contributed by atoms with Crippen LogP contribution in [0.1, 0.15) is 0 Å². The second-order valence-corrected chi connectivity index (χ2v) is 3.36. The average molecular weight is 179 g/mol. The summed E-state index contributed by atoms with van der Waals surface area (Å²) in [5.74, 6) is 0. The van der Waals surface area contributed by atoms with Crippen molar-refractivity contribution in [2.24, 2.45) is 0 Å². The van der Waals surface area contributed by atoms with E-state index in [2.05, 4.69) is 41.4 Å². The van der Waals surface area contributed by atoms with Gasteiger partial charge in [-0.05, 0) is 22.9 Å². The predicted molar refractivity (Wildman–Crippen MR) is 58.4 cm³/mol. The van der Waals surface area contributed by atoms with Crippen LogP contribution in [0, 0.1) is 0 Å². The lowest BCUT2D eigenvalue weighted by molar-refractivity contribution is 1.38. The minimum Gasteiger partial charge on any atom is -0.256 e. The van der Waals surface area contributed by atoms with E-state index in [0.29, 0.717) is 0 Å². The third-order valence-corrected chi connectivity index (χ3v) is 2.49. The average Bonchev–Trinajstić information content (AvgIpc) is 2.42. The quantitative estimate of drug-likeness (QED) is 0.515. The Morgan fingerprint density at radius 1 is 0.857 bits per heavy atom. The topological polar surface area (TPSA) is 12.9 Å². The molecule has 1 aliphatic carbocycles. The molecule has 0 saturated heterocycles. The van der Waals surface area contributed by atoms with Gasteiger partial charge in [0.15, 0.2) is 0 Å². The number of nitrogens with zero attached hydrogens (tertiary/aromatic N) is 1. The lowest BCUT2D eigenvalue weighted by Crippen LogP contribution is -1.70. The second kappa shape index (κ2) is 2.81. The van der Waals surface area contributed by atoms with Gasteiger partial charge in [0.05, 0.1) is 5.69 Å². The van der Waals surface area contributed by atoms with Crippen molar-refractivity contribution in [2.75, 3.05) is 0 Å². The molecular formula is C13H9N. The fraction of sp³-hybridized carbons (Fsp3) is 0. The molecule has 1 heterocycles. The van der Waals surface area contributed by atoms with E-state index < -0.39 is 0 Å². The van der Waals surface area contributed by atoms with Gasteiger partial charge in [-0.15, -0.1) is 0 Å². The summed E-state index contributed by atoms with van der Waals surface area (Å²) >= 11 is 0. The Labute approximate surface area is 82.4 Å². The highest BCUT2D eigenvalue weighted by Crippen LogP contribution is 2.31. The molecule has 66 valence electrons. The highest BCUT2D eigenvalue weighted by atomic mass is 14.7. The third-order valence-electron chi connectivity index (χ3n) is 2.49. The van der Waals surface area contributed by atoms with Crippen molar-refractivity contribution in [3.8, 4) is 11.3 Å². The van der Waals surface area contributed by atoms with E-state index in [0.717, 1.165) is 5.69 Å². The molecule has 0 fully saturated rings. The van der Waals surface area contributed by atoms with Crippen LogP contribution in [0.15, 0.2) is 54.7 Å². The van der Waals surface area contributed by atoms with E-state index in [9.17, 15) is 0 Å². The Morgan fingerprint density at radius 3 is 2.71 bits per heavy atom. The highest BCUT2D eigenvalue weighted by molar-refractivity contribution is 6.00. The molecule has 0 bridgehead atoms. The second-order valence-electron chi connectivity index (χ2n) is 3.36. The Bertz CT molecular complexity index is 557. The predicted octanol–water partition coefficient (Wildman–Crippen LogP) is 3.34. The number of benzene rings is 1. The first kappa shape index (κ1) is 7.51. The van der Waals surface area contributed by atoms with Gasteiger partial charge in [0, 0.05) is 11.8 Å². The molecule has 1 aromatic carbocycles. The molecule has 0 radical (unpaired) electrons. The fourth-order valence-electron chi connectivity index (χ4n) is 1.84. The van der Waals surface area contributed by atoms with Crippen molar-refractivity contribution < 1.29 is 0 Å². The summed E-state index contributed by atoms with van der Waals surface area (Å²) in [5, 5.41) is 2.55. The van der Waals surface area contributed by atoms with Crippen LogP contribution in [0.4, 0.5) is 0 Å². The summed E-state index contributed by atoms with van der Waals surface area (Å²) in [5.41, 5.74) is 2.29. The number of fused-ring (bicyclic) bond motifs is 3. The summed E-state index contributed by atoms with van der Waals surface area (Å²) in [6.45, 7) is 0. The van der Waals surface area contributed by atoms with Crippen molar-refractivity contribution in [3.63, 3.8) is 0 Å². The van der Waals surface area contributed by atoms with E-state index in [1.807, 2.05) is 18.3 Å². The van der Waals surface area contributed by atoms with Crippen LogP contribution in [-0.4, -0.2) is 4.98 Å². The molecule has 2 aliphatic rings. The third kappa shape index (κ3) is 0.990. The molecule has 1 aromatic rings. The summed E-state index contributed by atoms with van der Waals surface area (Å²) in [6, 6.07) is 16.6. The van der Waals surface area contributed by atoms with Gasteiger partial charge in [-0.3, -0.25) is 4.98 Å². The van der Waals surface area contributed by atoms with Gasteiger partial charge in [-0.25, -0.2) is 0 Å². The normalized spacial score (nSPS) is 10.9. The summed E-state index contributed by atoms with van der Waals surface area (Å²) in [6.07, 6.45) is 1.83. The molecule has 1 aliphatic heterocycles. The molecule has 0 unspecified atom stereocenters. The monoisotopic (exact) mass is 179 g/mol. The minimum atomic E-state index is 1.07. The molecule has 0 atom stereocenters. The first-order valence-corrected chi connectivity index (χ1v) is 4.68. The number of hydrogen-bond donors (Lipinski definition) is 0.